The van der Waals surface area contributed by atoms with Crippen LogP contribution in [-0.4, -0.2) is 51.6 Å². The highest BCUT2D eigenvalue weighted by Crippen LogP contribution is 2.23. The number of nitrogens with zero attached hydrogens (tertiary/aromatic N) is 2. The number of thioether (sulfide) groups is 1. The van der Waals surface area contributed by atoms with Crippen LogP contribution in [0.2, 0.25) is 0 Å². The van der Waals surface area contributed by atoms with Crippen LogP contribution in [0.1, 0.15) is 4.88 Å². The number of urea groups is 1. The summed E-state index contributed by atoms with van der Waals surface area (Å²) in [6, 6.07) is 2.97. The van der Waals surface area contributed by atoms with Crippen molar-refractivity contribution in [3.8, 4) is 0 Å². The zero-order valence-corrected chi connectivity index (χ0v) is 11.5. The van der Waals surface area contributed by atoms with E-state index in [0.29, 0.717) is 18.2 Å². The van der Waals surface area contributed by atoms with Crippen molar-refractivity contribution in [1.29, 1.82) is 0 Å². The van der Waals surface area contributed by atoms with Crippen molar-refractivity contribution >= 4 is 35.1 Å². The average molecular weight is 286 g/mol. The Kier molecular flexibility index (Phi) is 4.13. The molecule has 2 heterocycles. The fourth-order valence-electron chi connectivity index (χ4n) is 1.76. The number of rotatable bonds is 3. The first kappa shape index (κ1) is 13.2. The van der Waals surface area contributed by atoms with Crippen LogP contribution in [0.4, 0.5) is 4.79 Å². The summed E-state index contributed by atoms with van der Waals surface area (Å²) < 4.78 is 0. The number of carboxylic acid groups (broad SMARTS) is 1. The van der Waals surface area contributed by atoms with Crippen molar-refractivity contribution in [2.75, 3.05) is 18.7 Å². The van der Waals surface area contributed by atoms with E-state index in [1.54, 1.807) is 23.3 Å². The van der Waals surface area contributed by atoms with Gasteiger partial charge in [-0.3, -0.25) is 0 Å². The molecule has 0 aliphatic carbocycles. The maximum atomic E-state index is 12.2. The topological polar surface area (TPSA) is 60.9 Å². The molecule has 0 bridgehead atoms. The molecule has 0 saturated carbocycles. The summed E-state index contributed by atoms with van der Waals surface area (Å²) >= 11 is 3.06. The van der Waals surface area contributed by atoms with Gasteiger partial charge in [0.05, 0.1) is 12.4 Å². The minimum atomic E-state index is -0.933. The van der Waals surface area contributed by atoms with Crippen molar-refractivity contribution in [2.24, 2.45) is 0 Å². The number of thiophene rings is 1. The molecule has 1 aliphatic rings. The van der Waals surface area contributed by atoms with E-state index in [2.05, 4.69) is 0 Å². The maximum absolute atomic E-state index is 12.2. The van der Waals surface area contributed by atoms with Crippen LogP contribution >= 0.6 is 23.1 Å². The number of aliphatic carboxylic acids is 1. The van der Waals surface area contributed by atoms with Crippen molar-refractivity contribution in [3.05, 3.63) is 22.4 Å². The number of carbonyl (C=O) groups excluding carboxylic acids is 1. The van der Waals surface area contributed by atoms with Crippen LogP contribution < -0.4 is 0 Å². The molecular weight excluding hydrogens is 272 g/mol. The molecule has 1 aromatic rings. The van der Waals surface area contributed by atoms with Gasteiger partial charge in [0.1, 0.15) is 6.04 Å². The van der Waals surface area contributed by atoms with Crippen LogP contribution in [0.5, 0.6) is 0 Å². The third-order valence-electron chi connectivity index (χ3n) is 2.71. The van der Waals surface area contributed by atoms with Gasteiger partial charge in [0.2, 0.25) is 0 Å². The van der Waals surface area contributed by atoms with E-state index < -0.39 is 12.0 Å². The Morgan fingerprint density at radius 3 is 3.00 bits per heavy atom. The summed E-state index contributed by atoms with van der Waals surface area (Å²) in [6.45, 7) is 0.518. The third kappa shape index (κ3) is 2.78. The van der Waals surface area contributed by atoms with Gasteiger partial charge in [0, 0.05) is 17.7 Å². The molecule has 2 amide bonds. The second kappa shape index (κ2) is 5.62. The first-order valence-corrected chi connectivity index (χ1v) is 7.47. The zero-order chi connectivity index (χ0) is 13.1. The van der Waals surface area contributed by atoms with Gasteiger partial charge in [-0.25, -0.2) is 9.59 Å². The normalized spacial score (nSPS) is 18.9. The van der Waals surface area contributed by atoms with Gasteiger partial charge in [0.15, 0.2) is 0 Å². The Morgan fingerprint density at radius 2 is 2.39 bits per heavy atom. The predicted molar refractivity (Wildman–Crippen MR) is 71.8 cm³/mol. The van der Waals surface area contributed by atoms with E-state index in [4.69, 9.17) is 5.11 Å². The molecule has 1 N–H and O–H groups in total. The van der Waals surface area contributed by atoms with E-state index in [1.165, 1.54) is 16.7 Å². The number of hydrogen-bond acceptors (Lipinski definition) is 4. The summed E-state index contributed by atoms with van der Waals surface area (Å²) in [4.78, 5) is 27.3. The molecular formula is C11H14N2O3S2. The molecule has 98 valence electrons. The van der Waals surface area contributed by atoms with E-state index in [0.717, 1.165) is 4.88 Å². The molecule has 0 aromatic carbocycles. The van der Waals surface area contributed by atoms with Crippen molar-refractivity contribution in [2.45, 2.75) is 12.6 Å². The minimum Gasteiger partial charge on any atom is -0.480 e. The van der Waals surface area contributed by atoms with Gasteiger partial charge >= 0.3 is 12.0 Å². The summed E-state index contributed by atoms with van der Waals surface area (Å²) in [7, 11) is 1.70. The van der Waals surface area contributed by atoms with Gasteiger partial charge in [0.25, 0.3) is 0 Å². The van der Waals surface area contributed by atoms with E-state index in [1.807, 2.05) is 17.5 Å². The van der Waals surface area contributed by atoms with Crippen LogP contribution in [0.15, 0.2) is 17.5 Å². The van der Waals surface area contributed by atoms with Crippen molar-refractivity contribution in [3.63, 3.8) is 0 Å². The van der Waals surface area contributed by atoms with Crippen LogP contribution in [0.25, 0.3) is 0 Å². The highest BCUT2D eigenvalue weighted by molar-refractivity contribution is 7.99. The first-order valence-electron chi connectivity index (χ1n) is 5.44. The van der Waals surface area contributed by atoms with Crippen LogP contribution in [0.3, 0.4) is 0 Å². The molecule has 1 atom stereocenters. The molecule has 1 saturated heterocycles. The molecule has 1 fully saturated rings. The Labute approximate surface area is 113 Å². The molecule has 18 heavy (non-hydrogen) atoms. The van der Waals surface area contributed by atoms with Gasteiger partial charge in [-0.05, 0) is 11.4 Å². The summed E-state index contributed by atoms with van der Waals surface area (Å²) in [5.41, 5.74) is 0. The van der Waals surface area contributed by atoms with Crippen molar-refractivity contribution < 1.29 is 14.7 Å². The SMILES string of the molecule is CN(Cc1cccs1)C(=O)N1CSC[C@H]1C(=O)O. The number of hydrogen-bond donors (Lipinski definition) is 1. The Morgan fingerprint density at radius 1 is 1.61 bits per heavy atom. The molecule has 0 unspecified atom stereocenters. The van der Waals surface area contributed by atoms with Gasteiger partial charge in [-0.15, -0.1) is 23.1 Å². The Hall–Kier alpha value is -1.21. The molecule has 5 nitrogen and oxygen atoms in total. The third-order valence-corrected chi connectivity index (χ3v) is 4.59. The molecule has 2 rings (SSSR count). The van der Waals surface area contributed by atoms with E-state index >= 15 is 0 Å². The minimum absolute atomic E-state index is 0.221. The van der Waals surface area contributed by atoms with Gasteiger partial charge < -0.3 is 14.9 Å². The first-order chi connectivity index (χ1) is 8.59. The molecule has 0 radical (unpaired) electrons. The second-order valence-corrected chi connectivity index (χ2v) is 6.07. The lowest BCUT2D eigenvalue weighted by Gasteiger charge is -2.26. The smallest absolute Gasteiger partial charge is 0.327 e. The fraction of sp³-hybridized carbons (Fsp3) is 0.455. The van der Waals surface area contributed by atoms with E-state index in [-0.39, 0.29) is 6.03 Å². The van der Waals surface area contributed by atoms with Crippen LogP contribution in [0, 0.1) is 0 Å². The van der Waals surface area contributed by atoms with Crippen LogP contribution in [-0.2, 0) is 11.3 Å². The standard InChI is InChI=1S/C11H14N2O3S2/c1-12(5-8-3-2-4-18-8)11(16)13-7-17-6-9(13)10(14)15/h2-4,9H,5-7H2,1H3,(H,14,15)/t9-/m0/s1. The predicted octanol–water partition coefficient (Wildman–Crippen LogP) is 1.76. The molecule has 1 aromatic heterocycles. The highest BCUT2D eigenvalue weighted by atomic mass is 32.2. The maximum Gasteiger partial charge on any atom is 0.327 e. The Bertz CT molecular complexity index is 436. The number of amides is 2. The lowest BCUT2D eigenvalue weighted by atomic mass is 10.3. The van der Waals surface area contributed by atoms with E-state index in [9.17, 15) is 9.59 Å². The number of carbonyl (C=O) groups is 2. The average Bonchev–Trinajstić information content (AvgIpc) is 2.97. The zero-order valence-electron chi connectivity index (χ0n) is 9.91. The Balaban J connectivity index is 1.99. The largest absolute Gasteiger partial charge is 0.480 e. The highest BCUT2D eigenvalue weighted by Gasteiger charge is 2.35. The summed E-state index contributed by atoms with van der Waals surface area (Å²) in [5, 5.41) is 11.0. The summed E-state index contributed by atoms with van der Waals surface area (Å²) in [5.74, 6) is -0.0174. The molecule has 0 spiro atoms. The summed E-state index contributed by atoms with van der Waals surface area (Å²) in [6.07, 6.45) is 0. The lowest BCUT2D eigenvalue weighted by Crippen LogP contribution is -2.47. The van der Waals surface area contributed by atoms with Crippen molar-refractivity contribution in [1.82, 2.24) is 9.80 Å². The fourth-order valence-corrected chi connectivity index (χ4v) is 3.65. The quantitative estimate of drug-likeness (QED) is 0.920. The molecule has 1 aliphatic heterocycles. The monoisotopic (exact) mass is 286 g/mol. The van der Waals surface area contributed by atoms with Gasteiger partial charge in [-0.1, -0.05) is 6.07 Å². The number of carboxylic acids is 1. The van der Waals surface area contributed by atoms with Gasteiger partial charge in [-0.2, -0.15) is 0 Å². The molecule has 7 heteroatoms. The second-order valence-electron chi connectivity index (χ2n) is 4.04. The lowest BCUT2D eigenvalue weighted by molar-refractivity contribution is -0.140.